The SMILES string of the molecule is CCc1ccc(C(=O)NNC(=O)c2cccnc2SCc2c(C)noc2C)cc1. The third-order valence-electron chi connectivity index (χ3n) is 4.46. The van der Waals surface area contributed by atoms with E-state index in [1.807, 2.05) is 32.9 Å². The molecule has 2 N–H and O–H groups in total. The van der Waals surface area contributed by atoms with Crippen molar-refractivity contribution in [2.75, 3.05) is 0 Å². The van der Waals surface area contributed by atoms with Gasteiger partial charge in [0.2, 0.25) is 0 Å². The summed E-state index contributed by atoms with van der Waals surface area (Å²) in [7, 11) is 0. The van der Waals surface area contributed by atoms with Crippen molar-refractivity contribution >= 4 is 23.6 Å². The zero-order valence-corrected chi connectivity index (χ0v) is 17.3. The van der Waals surface area contributed by atoms with Gasteiger partial charge in [0, 0.05) is 23.1 Å². The van der Waals surface area contributed by atoms with Crippen LogP contribution < -0.4 is 10.9 Å². The number of amides is 2. The van der Waals surface area contributed by atoms with Crippen molar-refractivity contribution in [1.82, 2.24) is 21.0 Å². The molecule has 2 amide bonds. The number of aryl methyl sites for hydroxylation is 3. The molecule has 0 aliphatic carbocycles. The van der Waals surface area contributed by atoms with Gasteiger partial charge in [-0.2, -0.15) is 0 Å². The standard InChI is InChI=1S/C21H22N4O3S/c1-4-15-7-9-16(10-8-15)19(26)23-24-20(27)17-6-5-11-22-21(17)29-12-18-13(2)25-28-14(18)3/h5-11H,4,12H2,1-3H3,(H,23,26)(H,24,27). The molecular weight excluding hydrogens is 388 g/mol. The summed E-state index contributed by atoms with van der Waals surface area (Å²) in [6, 6.07) is 10.6. The molecule has 0 spiro atoms. The molecule has 7 nitrogen and oxygen atoms in total. The first kappa shape index (κ1) is 20.6. The third kappa shape index (κ3) is 5.03. The highest BCUT2D eigenvalue weighted by molar-refractivity contribution is 7.98. The van der Waals surface area contributed by atoms with Gasteiger partial charge in [-0.15, -0.1) is 11.8 Å². The van der Waals surface area contributed by atoms with Crippen LogP contribution in [0.2, 0.25) is 0 Å². The van der Waals surface area contributed by atoms with Crippen molar-refractivity contribution in [3.05, 3.63) is 76.3 Å². The summed E-state index contributed by atoms with van der Waals surface area (Å²) in [5.74, 6) is 0.514. The summed E-state index contributed by atoms with van der Waals surface area (Å²) in [6.07, 6.45) is 2.52. The van der Waals surface area contributed by atoms with Crippen molar-refractivity contribution in [3.8, 4) is 0 Å². The van der Waals surface area contributed by atoms with Crippen LogP contribution in [0.1, 0.15) is 50.2 Å². The minimum atomic E-state index is -0.433. The van der Waals surface area contributed by atoms with E-state index in [1.165, 1.54) is 11.8 Å². The highest BCUT2D eigenvalue weighted by Crippen LogP contribution is 2.27. The van der Waals surface area contributed by atoms with Gasteiger partial charge in [0.1, 0.15) is 10.8 Å². The molecule has 0 bridgehead atoms. The van der Waals surface area contributed by atoms with Crippen molar-refractivity contribution in [2.45, 2.75) is 38.0 Å². The molecule has 150 valence electrons. The van der Waals surface area contributed by atoms with E-state index in [1.54, 1.807) is 30.5 Å². The van der Waals surface area contributed by atoms with Gasteiger partial charge in [-0.3, -0.25) is 20.4 Å². The summed E-state index contributed by atoms with van der Waals surface area (Å²) in [5, 5.41) is 4.50. The molecule has 2 heterocycles. The second kappa shape index (κ2) is 9.38. The van der Waals surface area contributed by atoms with E-state index in [4.69, 9.17) is 4.52 Å². The first-order valence-electron chi connectivity index (χ1n) is 9.18. The van der Waals surface area contributed by atoms with Gasteiger partial charge >= 0.3 is 0 Å². The number of rotatable bonds is 6. The molecule has 3 rings (SSSR count). The minimum absolute atomic E-state index is 0.380. The Morgan fingerprint density at radius 3 is 2.45 bits per heavy atom. The van der Waals surface area contributed by atoms with Gasteiger partial charge < -0.3 is 4.52 Å². The van der Waals surface area contributed by atoms with E-state index in [0.29, 0.717) is 21.9 Å². The van der Waals surface area contributed by atoms with Gasteiger partial charge in [0.25, 0.3) is 11.8 Å². The van der Waals surface area contributed by atoms with Crippen LogP contribution in [0.5, 0.6) is 0 Å². The first-order valence-corrected chi connectivity index (χ1v) is 10.2. The normalized spacial score (nSPS) is 10.6. The van der Waals surface area contributed by atoms with E-state index in [0.717, 1.165) is 29.0 Å². The van der Waals surface area contributed by atoms with Crippen molar-refractivity contribution in [3.63, 3.8) is 0 Å². The maximum Gasteiger partial charge on any atom is 0.272 e. The predicted octanol–water partition coefficient (Wildman–Crippen LogP) is 3.62. The number of carbonyl (C=O) groups is 2. The molecule has 0 saturated carbocycles. The van der Waals surface area contributed by atoms with E-state index >= 15 is 0 Å². The van der Waals surface area contributed by atoms with Crippen molar-refractivity contribution < 1.29 is 14.1 Å². The highest BCUT2D eigenvalue weighted by atomic mass is 32.2. The number of aromatic nitrogens is 2. The van der Waals surface area contributed by atoms with Gasteiger partial charge in [-0.25, -0.2) is 4.98 Å². The predicted molar refractivity (Wildman–Crippen MR) is 111 cm³/mol. The number of pyridine rings is 1. The van der Waals surface area contributed by atoms with Crippen LogP contribution in [0, 0.1) is 13.8 Å². The van der Waals surface area contributed by atoms with Crippen LogP contribution in [0.4, 0.5) is 0 Å². The number of benzene rings is 1. The van der Waals surface area contributed by atoms with Crippen LogP contribution in [0.3, 0.4) is 0 Å². The molecule has 0 unspecified atom stereocenters. The van der Waals surface area contributed by atoms with Gasteiger partial charge in [0.15, 0.2) is 0 Å². The van der Waals surface area contributed by atoms with Crippen LogP contribution in [-0.4, -0.2) is 22.0 Å². The zero-order chi connectivity index (χ0) is 20.8. The summed E-state index contributed by atoms with van der Waals surface area (Å²) in [4.78, 5) is 29.1. The largest absolute Gasteiger partial charge is 0.361 e. The number of nitrogens with one attached hydrogen (secondary N) is 2. The Labute approximate surface area is 173 Å². The lowest BCUT2D eigenvalue weighted by Crippen LogP contribution is -2.41. The number of thioether (sulfide) groups is 1. The Bertz CT molecular complexity index is 996. The highest BCUT2D eigenvalue weighted by Gasteiger charge is 2.16. The fourth-order valence-electron chi connectivity index (χ4n) is 2.67. The average molecular weight is 410 g/mol. The Morgan fingerprint density at radius 2 is 1.79 bits per heavy atom. The summed E-state index contributed by atoms with van der Waals surface area (Å²) in [5.41, 5.74) is 8.70. The van der Waals surface area contributed by atoms with E-state index in [2.05, 4.69) is 21.0 Å². The monoisotopic (exact) mass is 410 g/mol. The molecule has 0 saturated heterocycles. The van der Waals surface area contributed by atoms with Gasteiger partial charge in [0.05, 0.1) is 11.3 Å². The minimum Gasteiger partial charge on any atom is -0.361 e. The lowest BCUT2D eigenvalue weighted by atomic mass is 10.1. The molecule has 8 heteroatoms. The Balaban J connectivity index is 1.64. The molecule has 0 radical (unpaired) electrons. The number of hydrogen-bond acceptors (Lipinski definition) is 6. The smallest absolute Gasteiger partial charge is 0.272 e. The second-order valence-electron chi connectivity index (χ2n) is 6.41. The molecule has 0 atom stereocenters. The Morgan fingerprint density at radius 1 is 1.07 bits per heavy atom. The van der Waals surface area contributed by atoms with Crippen LogP contribution in [-0.2, 0) is 12.2 Å². The lowest BCUT2D eigenvalue weighted by Gasteiger charge is -2.10. The molecule has 3 aromatic rings. The van der Waals surface area contributed by atoms with E-state index < -0.39 is 5.91 Å². The van der Waals surface area contributed by atoms with Crippen LogP contribution in [0.15, 0.2) is 52.1 Å². The summed E-state index contributed by atoms with van der Waals surface area (Å²) < 4.78 is 5.17. The van der Waals surface area contributed by atoms with Gasteiger partial charge in [-0.05, 0) is 50.1 Å². The molecule has 2 aromatic heterocycles. The number of carbonyl (C=O) groups excluding carboxylic acids is 2. The fraction of sp³-hybridized carbons (Fsp3) is 0.238. The second-order valence-corrected chi connectivity index (χ2v) is 7.37. The lowest BCUT2D eigenvalue weighted by molar-refractivity contribution is 0.0844. The van der Waals surface area contributed by atoms with Crippen LogP contribution >= 0.6 is 11.8 Å². The summed E-state index contributed by atoms with van der Waals surface area (Å²) >= 11 is 1.41. The maximum atomic E-state index is 12.6. The first-order chi connectivity index (χ1) is 14.0. The average Bonchev–Trinajstić information content (AvgIpc) is 3.07. The Hall–Kier alpha value is -3.13. The van der Waals surface area contributed by atoms with Crippen molar-refractivity contribution in [1.29, 1.82) is 0 Å². The molecule has 0 aliphatic heterocycles. The molecular formula is C21H22N4O3S. The van der Waals surface area contributed by atoms with E-state index in [-0.39, 0.29) is 5.91 Å². The summed E-state index contributed by atoms with van der Waals surface area (Å²) in [6.45, 7) is 5.77. The number of hydrazine groups is 1. The van der Waals surface area contributed by atoms with Gasteiger partial charge in [-0.1, -0.05) is 24.2 Å². The number of nitrogens with zero attached hydrogens (tertiary/aromatic N) is 2. The maximum absolute atomic E-state index is 12.6. The quantitative estimate of drug-likeness (QED) is 0.476. The third-order valence-corrected chi connectivity index (χ3v) is 5.50. The number of hydrogen-bond donors (Lipinski definition) is 2. The van der Waals surface area contributed by atoms with Crippen LogP contribution in [0.25, 0.3) is 0 Å². The van der Waals surface area contributed by atoms with Crippen molar-refractivity contribution in [2.24, 2.45) is 0 Å². The van der Waals surface area contributed by atoms with E-state index in [9.17, 15) is 9.59 Å². The molecule has 1 aromatic carbocycles. The fourth-order valence-corrected chi connectivity index (χ4v) is 3.82. The topological polar surface area (TPSA) is 97.1 Å². The Kier molecular flexibility index (Phi) is 6.66. The molecule has 0 fully saturated rings. The molecule has 29 heavy (non-hydrogen) atoms. The zero-order valence-electron chi connectivity index (χ0n) is 16.5. The molecule has 0 aliphatic rings.